The Labute approximate surface area is 332 Å². The normalized spacial score (nSPS) is 22.5. The maximum Gasteiger partial charge on any atom is 0.249 e. The molecule has 1 saturated carbocycles. The van der Waals surface area contributed by atoms with Crippen molar-refractivity contribution in [1.82, 2.24) is 25.5 Å². The molecule has 3 saturated heterocycles. The van der Waals surface area contributed by atoms with Gasteiger partial charge in [-0.25, -0.2) is 18.7 Å². The maximum atomic E-state index is 15.2. The monoisotopic (exact) mass is 776 g/mol. The van der Waals surface area contributed by atoms with Crippen LogP contribution in [0.25, 0.3) is 22.4 Å². The first-order valence-electron chi connectivity index (χ1n) is 20.4. The van der Waals surface area contributed by atoms with E-state index in [9.17, 15) is 18.8 Å². The van der Waals surface area contributed by atoms with Crippen LogP contribution in [-0.2, 0) is 14.4 Å². The van der Waals surface area contributed by atoms with Gasteiger partial charge < -0.3 is 25.8 Å². The molecule has 1 aromatic heterocycles. The number of aromatic nitrogens is 2. The number of nitrogens with one attached hydrogen (secondary N) is 4. The smallest absolute Gasteiger partial charge is 0.249 e. The molecule has 1 aliphatic carbocycles. The number of halogens is 2. The van der Waals surface area contributed by atoms with Gasteiger partial charge in [-0.15, -0.1) is 0 Å². The van der Waals surface area contributed by atoms with Crippen LogP contribution >= 0.6 is 0 Å². The second-order valence-corrected chi connectivity index (χ2v) is 15.9. The van der Waals surface area contributed by atoms with Crippen molar-refractivity contribution in [3.63, 3.8) is 0 Å². The van der Waals surface area contributed by atoms with E-state index in [0.29, 0.717) is 35.3 Å². The van der Waals surface area contributed by atoms with Crippen LogP contribution in [0.3, 0.4) is 0 Å². The molecular weight excluding hydrogens is 727 g/mol. The molecular formula is C44H50F2N8O3. The van der Waals surface area contributed by atoms with Crippen molar-refractivity contribution >= 4 is 35.0 Å². The highest BCUT2D eigenvalue weighted by Gasteiger charge is 2.33. The number of anilines is 3. The lowest BCUT2D eigenvalue weighted by Crippen LogP contribution is -2.50. The van der Waals surface area contributed by atoms with Crippen LogP contribution < -0.4 is 26.2 Å². The number of hydrogen-bond donors (Lipinski definition) is 4. The predicted molar refractivity (Wildman–Crippen MR) is 216 cm³/mol. The molecule has 4 N–H and O–H groups in total. The fourth-order valence-electron chi connectivity index (χ4n) is 8.88. The average Bonchev–Trinajstić information content (AvgIpc) is 3.24. The molecule has 1 unspecified atom stereocenters. The van der Waals surface area contributed by atoms with E-state index in [1.165, 1.54) is 12.3 Å². The number of benzene rings is 3. The Bertz CT molecular complexity index is 2060. The number of carbonyl (C=O) groups excluding carboxylic acids is 3. The number of amides is 3. The summed E-state index contributed by atoms with van der Waals surface area (Å²) in [5, 5.41) is 12.1. The number of imide groups is 1. The van der Waals surface area contributed by atoms with Crippen LogP contribution in [0.5, 0.6) is 0 Å². The van der Waals surface area contributed by atoms with Crippen molar-refractivity contribution in [2.45, 2.75) is 88.4 Å². The highest BCUT2D eigenvalue weighted by atomic mass is 19.1. The van der Waals surface area contributed by atoms with Crippen molar-refractivity contribution in [1.29, 1.82) is 0 Å². The number of carbonyl (C=O) groups is 3. The number of hydrogen-bond acceptors (Lipinski definition) is 9. The van der Waals surface area contributed by atoms with Crippen molar-refractivity contribution in [3.8, 4) is 22.4 Å². The van der Waals surface area contributed by atoms with Crippen LogP contribution in [0.15, 0.2) is 79.0 Å². The summed E-state index contributed by atoms with van der Waals surface area (Å²) in [4.78, 5) is 50.3. The summed E-state index contributed by atoms with van der Waals surface area (Å²) in [6.07, 6.45) is 8.81. The Kier molecular flexibility index (Phi) is 11.7. The summed E-state index contributed by atoms with van der Waals surface area (Å²) >= 11 is 0. The van der Waals surface area contributed by atoms with E-state index in [2.05, 4.69) is 41.0 Å². The summed E-state index contributed by atoms with van der Waals surface area (Å²) < 4.78 is 30.2. The molecule has 0 radical (unpaired) electrons. The van der Waals surface area contributed by atoms with Crippen LogP contribution in [0, 0.1) is 17.6 Å². The second-order valence-electron chi connectivity index (χ2n) is 15.9. The molecule has 4 heterocycles. The fourth-order valence-corrected chi connectivity index (χ4v) is 8.88. The number of piperidine rings is 3. The van der Waals surface area contributed by atoms with Crippen molar-refractivity contribution < 1.29 is 23.2 Å². The zero-order chi connectivity index (χ0) is 39.3. The molecule has 0 bridgehead atoms. The van der Waals surface area contributed by atoms with Crippen LogP contribution in [-0.4, -0.2) is 82.9 Å². The predicted octanol–water partition coefficient (Wildman–Crippen LogP) is 6.53. The van der Waals surface area contributed by atoms with Crippen molar-refractivity contribution in [2.24, 2.45) is 5.92 Å². The van der Waals surface area contributed by atoms with E-state index in [1.54, 1.807) is 12.1 Å². The summed E-state index contributed by atoms with van der Waals surface area (Å²) in [6.45, 7) is 3.25. The Hall–Kier alpha value is -5.43. The van der Waals surface area contributed by atoms with Gasteiger partial charge in [-0.05, 0) is 106 Å². The molecule has 4 fully saturated rings. The zero-order valence-electron chi connectivity index (χ0n) is 32.1. The Morgan fingerprint density at radius 3 is 2.18 bits per heavy atom. The summed E-state index contributed by atoms with van der Waals surface area (Å²) in [5.41, 5.74) is 4.08. The van der Waals surface area contributed by atoms with Gasteiger partial charge in [0.15, 0.2) is 5.82 Å². The van der Waals surface area contributed by atoms with Gasteiger partial charge in [-0.2, -0.15) is 0 Å². The first kappa shape index (κ1) is 38.4. The van der Waals surface area contributed by atoms with E-state index < -0.39 is 11.9 Å². The van der Waals surface area contributed by atoms with Crippen LogP contribution in [0.2, 0.25) is 0 Å². The molecule has 0 spiro atoms. The standard InChI is InChI=1S/C44H50F2N8O3/c45-36-26-34(48-38-14-16-40(55)51-43(38)57)13-15-39(36)54-23-19-35(20-24-54)53-21-17-29(18-22-53)42(56)49-32-9-11-33(12-10-32)50-44-47-27-37(46)41(52-44)31-8-4-7-30(25-31)28-5-2-1-3-6-28/h1-8,13,15,25-27,29,32-33,35,38,48H,9-12,14,16-24H2,(H,49,56)(H,47,50,52)(H,51,55,57). The SMILES string of the molecule is O=C1CCC(Nc2ccc(N3CCC(N4CCC(C(=O)NC5CCC(Nc6ncc(F)c(-c7cccc(-c8ccccc8)c7)n6)CC5)CC4)CC3)c(F)c2)C(=O)N1. The second kappa shape index (κ2) is 17.4. The average molecular weight is 777 g/mol. The van der Waals surface area contributed by atoms with E-state index in [4.69, 9.17) is 0 Å². The topological polar surface area (TPSA) is 132 Å². The first-order valence-corrected chi connectivity index (χ1v) is 20.4. The lowest BCUT2D eigenvalue weighted by Gasteiger charge is -2.42. The highest BCUT2D eigenvalue weighted by Crippen LogP contribution is 2.31. The quantitative estimate of drug-likeness (QED) is 0.133. The first-order chi connectivity index (χ1) is 27.8. The lowest BCUT2D eigenvalue weighted by molar-refractivity contribution is -0.133. The van der Waals surface area contributed by atoms with E-state index in [1.807, 2.05) is 54.6 Å². The molecule has 4 aromatic rings. The Balaban J connectivity index is 0.756. The Morgan fingerprint density at radius 1 is 0.719 bits per heavy atom. The van der Waals surface area contributed by atoms with E-state index in [-0.39, 0.29) is 53.7 Å². The molecule has 3 aromatic carbocycles. The minimum absolute atomic E-state index is 0.00464. The third-order valence-electron chi connectivity index (χ3n) is 12.1. The van der Waals surface area contributed by atoms with Gasteiger partial charge in [-0.3, -0.25) is 19.7 Å². The largest absolute Gasteiger partial charge is 0.374 e. The zero-order valence-corrected chi connectivity index (χ0v) is 32.1. The van der Waals surface area contributed by atoms with Gasteiger partial charge in [0.2, 0.25) is 23.7 Å². The minimum atomic E-state index is -0.557. The molecule has 298 valence electrons. The summed E-state index contributed by atoms with van der Waals surface area (Å²) in [5.74, 6) is -0.904. The van der Waals surface area contributed by atoms with Gasteiger partial charge in [-0.1, -0.05) is 48.5 Å². The van der Waals surface area contributed by atoms with E-state index in [0.717, 1.165) is 88.7 Å². The third-order valence-corrected chi connectivity index (χ3v) is 12.1. The fraction of sp³-hybridized carbons (Fsp3) is 0.432. The third kappa shape index (κ3) is 9.25. The minimum Gasteiger partial charge on any atom is -0.374 e. The molecule has 3 amide bonds. The van der Waals surface area contributed by atoms with Gasteiger partial charge in [0, 0.05) is 54.8 Å². The molecule has 4 aliphatic rings. The summed E-state index contributed by atoms with van der Waals surface area (Å²) in [7, 11) is 0. The van der Waals surface area contributed by atoms with Gasteiger partial charge in [0.25, 0.3) is 0 Å². The van der Waals surface area contributed by atoms with Crippen molar-refractivity contribution in [3.05, 3.63) is 90.6 Å². The van der Waals surface area contributed by atoms with E-state index >= 15 is 4.39 Å². The van der Waals surface area contributed by atoms with Crippen molar-refractivity contribution in [2.75, 3.05) is 41.7 Å². The van der Waals surface area contributed by atoms with Gasteiger partial charge in [0.05, 0.1) is 11.9 Å². The molecule has 1 atom stereocenters. The lowest BCUT2D eigenvalue weighted by atomic mass is 9.89. The maximum absolute atomic E-state index is 15.2. The van der Waals surface area contributed by atoms with Gasteiger partial charge in [0.1, 0.15) is 17.6 Å². The molecule has 3 aliphatic heterocycles. The highest BCUT2D eigenvalue weighted by molar-refractivity contribution is 6.01. The van der Waals surface area contributed by atoms with Crippen LogP contribution in [0.1, 0.15) is 64.2 Å². The van der Waals surface area contributed by atoms with Gasteiger partial charge >= 0.3 is 0 Å². The van der Waals surface area contributed by atoms with Crippen LogP contribution in [0.4, 0.5) is 26.1 Å². The number of nitrogens with zero attached hydrogens (tertiary/aromatic N) is 4. The molecule has 11 nitrogen and oxygen atoms in total. The molecule has 57 heavy (non-hydrogen) atoms. The summed E-state index contributed by atoms with van der Waals surface area (Å²) in [6, 6.07) is 22.8. The molecule has 8 rings (SSSR count). The Morgan fingerprint density at radius 2 is 1.44 bits per heavy atom. The number of likely N-dealkylation sites (tertiary alicyclic amines) is 1. The number of rotatable bonds is 10. The molecule has 13 heteroatoms.